The van der Waals surface area contributed by atoms with Crippen molar-refractivity contribution in [3.05, 3.63) is 48.6 Å². The first-order valence-electron chi connectivity index (χ1n) is 32.4. The third-order valence-corrected chi connectivity index (χ3v) is 15.4. The molecular formula is C66H123NO8. The molecule has 0 aromatic rings. The topological polar surface area (TPSA) is 149 Å². The molecule has 75 heavy (non-hydrogen) atoms. The van der Waals surface area contributed by atoms with E-state index in [0.29, 0.717) is 6.42 Å². The van der Waals surface area contributed by atoms with Crippen LogP contribution in [0.1, 0.15) is 309 Å². The zero-order valence-corrected chi connectivity index (χ0v) is 49.1. The lowest BCUT2D eigenvalue weighted by Gasteiger charge is -2.40. The second kappa shape index (κ2) is 55.5. The lowest BCUT2D eigenvalue weighted by molar-refractivity contribution is -0.302. The van der Waals surface area contributed by atoms with Gasteiger partial charge >= 0.3 is 0 Å². The summed E-state index contributed by atoms with van der Waals surface area (Å²) in [6.45, 7) is 3.77. The van der Waals surface area contributed by atoms with Crippen LogP contribution in [0.5, 0.6) is 0 Å². The SMILES string of the molecule is CCCCCCC/C=C/CC/C=C/CC/C=C/C(O)C(COC1OC(CO)C(O)C(O)C1O)NC(=O)CCCCCCCCCCCCCCCCCCC/C=C\CCCCCCCCCCCCCCCCCC. The molecule has 1 rings (SSSR count). The number of ether oxygens (including phenoxy) is 2. The van der Waals surface area contributed by atoms with Gasteiger partial charge in [-0.15, -0.1) is 0 Å². The van der Waals surface area contributed by atoms with E-state index in [4.69, 9.17) is 9.47 Å². The van der Waals surface area contributed by atoms with Crippen molar-refractivity contribution in [3.8, 4) is 0 Å². The fourth-order valence-electron chi connectivity index (χ4n) is 10.2. The van der Waals surface area contributed by atoms with Crippen molar-refractivity contribution in [1.82, 2.24) is 5.32 Å². The Kier molecular flexibility index (Phi) is 52.6. The molecule has 0 spiro atoms. The molecule has 0 bridgehead atoms. The van der Waals surface area contributed by atoms with Gasteiger partial charge in [-0.1, -0.05) is 281 Å². The Morgan fingerprint density at radius 2 is 0.760 bits per heavy atom. The quantitative estimate of drug-likeness (QED) is 0.0261. The molecule has 7 atom stereocenters. The number of aliphatic hydroxyl groups is 5. The lowest BCUT2D eigenvalue weighted by Crippen LogP contribution is -2.60. The van der Waals surface area contributed by atoms with Crippen molar-refractivity contribution >= 4 is 5.91 Å². The average Bonchev–Trinajstić information content (AvgIpc) is 3.41. The molecule has 0 aromatic heterocycles. The Morgan fingerprint density at radius 1 is 0.440 bits per heavy atom. The molecule has 9 nitrogen and oxygen atoms in total. The van der Waals surface area contributed by atoms with Gasteiger partial charge in [0.25, 0.3) is 0 Å². The summed E-state index contributed by atoms with van der Waals surface area (Å²) in [5.74, 6) is -0.188. The Bertz CT molecular complexity index is 1320. The summed E-state index contributed by atoms with van der Waals surface area (Å²) in [6.07, 6.45) is 68.0. The number of carbonyl (C=O) groups excluding carboxylic acids is 1. The van der Waals surface area contributed by atoms with Gasteiger partial charge in [-0.05, 0) is 70.6 Å². The molecule has 0 saturated carbocycles. The minimum absolute atomic E-state index is 0.188. The molecule has 1 amide bonds. The molecular weight excluding hydrogens is 935 g/mol. The van der Waals surface area contributed by atoms with Gasteiger partial charge < -0.3 is 40.3 Å². The maximum absolute atomic E-state index is 13.1. The molecule has 1 aliphatic heterocycles. The summed E-state index contributed by atoms with van der Waals surface area (Å²) in [5, 5.41) is 54.5. The van der Waals surface area contributed by atoms with Gasteiger partial charge in [0.05, 0.1) is 25.4 Å². The van der Waals surface area contributed by atoms with Crippen LogP contribution >= 0.6 is 0 Å². The van der Waals surface area contributed by atoms with Crippen molar-refractivity contribution in [3.63, 3.8) is 0 Å². The highest BCUT2D eigenvalue weighted by Gasteiger charge is 2.44. The Balaban J connectivity index is 2.08. The minimum atomic E-state index is -1.57. The van der Waals surface area contributed by atoms with E-state index < -0.39 is 49.5 Å². The zero-order valence-electron chi connectivity index (χ0n) is 49.1. The largest absolute Gasteiger partial charge is 0.394 e. The number of hydrogen-bond donors (Lipinski definition) is 6. The fourth-order valence-corrected chi connectivity index (χ4v) is 10.2. The summed E-state index contributed by atoms with van der Waals surface area (Å²) in [5.41, 5.74) is 0. The highest BCUT2D eigenvalue weighted by molar-refractivity contribution is 5.76. The third-order valence-electron chi connectivity index (χ3n) is 15.4. The summed E-state index contributed by atoms with van der Waals surface area (Å²) in [7, 11) is 0. The predicted octanol–water partition coefficient (Wildman–Crippen LogP) is 16.9. The normalized spacial score (nSPS) is 19.2. The number of amides is 1. The zero-order chi connectivity index (χ0) is 54.3. The molecule has 0 radical (unpaired) electrons. The first kappa shape index (κ1) is 71.2. The number of carbonyl (C=O) groups is 1. The van der Waals surface area contributed by atoms with Crippen LogP contribution in [0.15, 0.2) is 48.6 Å². The van der Waals surface area contributed by atoms with E-state index in [1.54, 1.807) is 6.08 Å². The molecule has 1 fully saturated rings. The second-order valence-electron chi connectivity index (χ2n) is 22.5. The Morgan fingerprint density at radius 3 is 1.12 bits per heavy atom. The second-order valence-corrected chi connectivity index (χ2v) is 22.5. The summed E-state index contributed by atoms with van der Waals surface area (Å²) in [4.78, 5) is 13.1. The standard InChI is InChI=1S/C66H123NO8/c1-3-5-7-9-11-13-15-17-19-20-21-22-23-24-25-26-27-28-29-30-31-32-33-34-35-36-37-38-39-40-42-44-46-48-50-52-54-56-62(70)67-59(58-74-66-65(73)64(72)63(71)61(57-68)75-66)60(69)55-53-51-49-47-45-43-41-18-16-14-12-10-8-6-4-2/h16,18,28-29,45,47,53,55,59-61,63-66,68-69,71-73H,3-15,17,19-27,30-44,46,48-52,54,56-58H2,1-2H3,(H,67,70)/b18-16+,29-28-,47-45+,55-53+. The molecule has 0 aliphatic carbocycles. The maximum atomic E-state index is 13.1. The van der Waals surface area contributed by atoms with Crippen LogP contribution in [0.3, 0.4) is 0 Å². The van der Waals surface area contributed by atoms with Crippen LogP contribution in [0.4, 0.5) is 0 Å². The summed E-state index contributed by atoms with van der Waals surface area (Å²) in [6, 6.07) is -0.828. The van der Waals surface area contributed by atoms with Gasteiger partial charge in [-0.3, -0.25) is 4.79 Å². The van der Waals surface area contributed by atoms with Crippen LogP contribution in [-0.4, -0.2) is 87.5 Å². The van der Waals surface area contributed by atoms with Crippen LogP contribution in [0.2, 0.25) is 0 Å². The molecule has 9 heteroatoms. The van der Waals surface area contributed by atoms with Crippen molar-refractivity contribution in [1.29, 1.82) is 0 Å². The van der Waals surface area contributed by atoms with Crippen molar-refractivity contribution in [2.75, 3.05) is 13.2 Å². The first-order valence-corrected chi connectivity index (χ1v) is 32.4. The van der Waals surface area contributed by atoms with Gasteiger partial charge in [-0.2, -0.15) is 0 Å². The molecule has 440 valence electrons. The molecule has 1 heterocycles. The van der Waals surface area contributed by atoms with E-state index in [0.717, 1.165) is 51.4 Å². The number of aliphatic hydroxyl groups excluding tert-OH is 5. The molecule has 1 saturated heterocycles. The monoisotopic (exact) mass is 1060 g/mol. The number of allylic oxidation sites excluding steroid dienone is 7. The van der Waals surface area contributed by atoms with Crippen LogP contribution < -0.4 is 5.32 Å². The minimum Gasteiger partial charge on any atom is -0.394 e. The molecule has 7 unspecified atom stereocenters. The van der Waals surface area contributed by atoms with Crippen molar-refractivity contribution in [2.24, 2.45) is 0 Å². The highest BCUT2D eigenvalue weighted by atomic mass is 16.7. The van der Waals surface area contributed by atoms with Crippen LogP contribution in [0, 0.1) is 0 Å². The smallest absolute Gasteiger partial charge is 0.220 e. The van der Waals surface area contributed by atoms with Gasteiger partial charge in [0.2, 0.25) is 5.91 Å². The molecule has 6 N–H and O–H groups in total. The summed E-state index contributed by atoms with van der Waals surface area (Å²) < 4.78 is 11.3. The highest BCUT2D eigenvalue weighted by Crippen LogP contribution is 2.23. The molecule has 1 aliphatic rings. The third kappa shape index (κ3) is 44.7. The predicted molar refractivity (Wildman–Crippen MR) is 318 cm³/mol. The van der Waals surface area contributed by atoms with Crippen molar-refractivity contribution < 1.29 is 39.8 Å². The van der Waals surface area contributed by atoms with Gasteiger partial charge in [0, 0.05) is 6.42 Å². The van der Waals surface area contributed by atoms with Gasteiger partial charge in [0.1, 0.15) is 24.4 Å². The van der Waals surface area contributed by atoms with Gasteiger partial charge in [0.15, 0.2) is 6.29 Å². The molecule has 0 aromatic carbocycles. The number of nitrogens with one attached hydrogen (secondary N) is 1. The lowest BCUT2D eigenvalue weighted by atomic mass is 9.99. The van der Waals surface area contributed by atoms with E-state index in [-0.39, 0.29) is 12.5 Å². The average molecular weight is 1060 g/mol. The van der Waals surface area contributed by atoms with E-state index in [9.17, 15) is 30.3 Å². The fraction of sp³-hybridized carbons (Fsp3) is 0.864. The number of rotatable bonds is 56. The van der Waals surface area contributed by atoms with Crippen LogP contribution in [0.25, 0.3) is 0 Å². The first-order chi connectivity index (χ1) is 36.8. The maximum Gasteiger partial charge on any atom is 0.220 e. The van der Waals surface area contributed by atoms with E-state index in [1.165, 1.54) is 238 Å². The Labute approximate surface area is 463 Å². The van der Waals surface area contributed by atoms with Crippen LogP contribution in [-0.2, 0) is 14.3 Å². The van der Waals surface area contributed by atoms with Gasteiger partial charge in [-0.25, -0.2) is 0 Å². The number of hydrogen-bond acceptors (Lipinski definition) is 8. The number of unbranched alkanes of at least 4 members (excludes halogenated alkanes) is 40. The van der Waals surface area contributed by atoms with E-state index in [2.05, 4.69) is 55.6 Å². The summed E-state index contributed by atoms with van der Waals surface area (Å²) >= 11 is 0. The Hall–Kier alpha value is -1.85. The van der Waals surface area contributed by atoms with E-state index in [1.807, 2.05) is 6.08 Å². The van der Waals surface area contributed by atoms with Crippen molar-refractivity contribution in [2.45, 2.75) is 352 Å². The van der Waals surface area contributed by atoms with E-state index >= 15 is 0 Å².